The molecule has 2 heterocycles. The summed E-state index contributed by atoms with van der Waals surface area (Å²) in [7, 11) is -9.44. The molecular weight excluding hydrogens is 553 g/mol. The summed E-state index contributed by atoms with van der Waals surface area (Å²) in [4.78, 5) is 6.97. The fourth-order valence-corrected chi connectivity index (χ4v) is 8.22. The van der Waals surface area contributed by atoms with Crippen molar-refractivity contribution in [3.63, 3.8) is 0 Å². The number of nitrogens with zero attached hydrogens (tertiary/aromatic N) is 2. The van der Waals surface area contributed by atoms with Gasteiger partial charge in [-0.05, 0) is 104 Å². The van der Waals surface area contributed by atoms with Crippen LogP contribution in [0.15, 0.2) is 17.0 Å². The first-order chi connectivity index (χ1) is 16.4. The quantitative estimate of drug-likeness (QED) is 0.259. The lowest BCUT2D eigenvalue weighted by atomic mass is 10.1. The Morgan fingerprint density at radius 2 is 1.24 bits per heavy atom. The minimum Gasteiger partial charge on any atom is -0.532 e. The molecule has 1 unspecified atom stereocenters. The van der Waals surface area contributed by atoms with E-state index in [1.165, 1.54) is 0 Å². The molecule has 4 atom stereocenters. The van der Waals surface area contributed by atoms with Crippen molar-refractivity contribution in [3.8, 4) is 0 Å². The molecule has 0 aromatic rings. The van der Waals surface area contributed by atoms with E-state index in [1.54, 1.807) is 0 Å². The van der Waals surface area contributed by atoms with Crippen LogP contribution in [-0.4, -0.2) is 90.2 Å². The first-order valence-electron chi connectivity index (χ1n) is 13.5. The SMILES string of the molecule is C[Si](C)(C)OC[C@@H]1OC(N2CC=C(O[Si](C)(C)C)N=C2O[Si](C)(C)C)[C@@H](O[Si](C)(C)C)[C@H]1O[Si](C)(C)C. The molecule has 216 valence electrons. The van der Waals surface area contributed by atoms with Gasteiger partial charge in [-0.15, -0.1) is 0 Å². The summed E-state index contributed by atoms with van der Waals surface area (Å²) in [5.74, 6) is 0.637. The lowest BCUT2D eigenvalue weighted by Crippen LogP contribution is -2.55. The van der Waals surface area contributed by atoms with Gasteiger partial charge in [0.15, 0.2) is 31.2 Å². The van der Waals surface area contributed by atoms with E-state index in [9.17, 15) is 0 Å². The van der Waals surface area contributed by atoms with E-state index in [1.807, 2.05) is 6.08 Å². The second-order valence-electron chi connectivity index (χ2n) is 14.9. The zero-order valence-electron chi connectivity index (χ0n) is 26.1. The molecule has 0 bridgehead atoms. The average molecular weight is 607 g/mol. The van der Waals surface area contributed by atoms with Crippen molar-refractivity contribution in [3.05, 3.63) is 12.0 Å². The van der Waals surface area contributed by atoms with E-state index < -0.39 is 47.8 Å². The van der Waals surface area contributed by atoms with Gasteiger partial charge in [-0.3, -0.25) is 4.90 Å². The van der Waals surface area contributed by atoms with Crippen LogP contribution in [-0.2, 0) is 26.9 Å². The van der Waals surface area contributed by atoms with Crippen molar-refractivity contribution in [2.24, 2.45) is 4.99 Å². The lowest BCUT2D eigenvalue weighted by Gasteiger charge is -2.40. The molecule has 1 fully saturated rings. The van der Waals surface area contributed by atoms with Crippen molar-refractivity contribution < 1.29 is 26.9 Å². The van der Waals surface area contributed by atoms with Crippen LogP contribution < -0.4 is 0 Å². The van der Waals surface area contributed by atoms with E-state index in [4.69, 9.17) is 31.9 Å². The van der Waals surface area contributed by atoms with E-state index in [0.29, 0.717) is 25.1 Å². The van der Waals surface area contributed by atoms with E-state index >= 15 is 0 Å². The summed E-state index contributed by atoms with van der Waals surface area (Å²) >= 11 is 0. The maximum absolute atomic E-state index is 6.85. The van der Waals surface area contributed by atoms with Crippen LogP contribution >= 0.6 is 0 Å². The Morgan fingerprint density at radius 3 is 1.70 bits per heavy atom. The average Bonchev–Trinajstić information content (AvgIpc) is 2.91. The highest BCUT2D eigenvalue weighted by Crippen LogP contribution is 2.35. The summed E-state index contributed by atoms with van der Waals surface area (Å²) < 4.78 is 39.6. The number of hydrogen-bond donors (Lipinski definition) is 0. The van der Waals surface area contributed by atoms with Crippen LogP contribution in [0.25, 0.3) is 0 Å². The molecule has 0 saturated carbocycles. The van der Waals surface area contributed by atoms with Gasteiger partial charge in [0, 0.05) is 6.54 Å². The van der Waals surface area contributed by atoms with Crippen molar-refractivity contribution in [1.29, 1.82) is 0 Å². The smallest absolute Gasteiger partial charge is 0.283 e. The Morgan fingerprint density at radius 1 is 0.730 bits per heavy atom. The molecule has 2 rings (SSSR count). The van der Waals surface area contributed by atoms with Crippen LogP contribution in [0.1, 0.15) is 0 Å². The fraction of sp³-hybridized carbons (Fsp3) is 0.875. The molecule has 2 aliphatic heterocycles. The van der Waals surface area contributed by atoms with Crippen molar-refractivity contribution in [1.82, 2.24) is 4.90 Å². The van der Waals surface area contributed by atoms with Gasteiger partial charge in [0.25, 0.3) is 6.02 Å². The maximum atomic E-state index is 6.85. The fourth-order valence-electron chi connectivity index (χ4n) is 3.91. The second-order valence-corrected chi connectivity index (χ2v) is 37.2. The second kappa shape index (κ2) is 11.7. The molecule has 8 nitrogen and oxygen atoms in total. The number of ether oxygens (including phenoxy) is 1. The molecule has 37 heavy (non-hydrogen) atoms. The third kappa shape index (κ3) is 11.8. The highest BCUT2D eigenvalue weighted by Gasteiger charge is 2.53. The summed E-state index contributed by atoms with van der Waals surface area (Å²) in [5.41, 5.74) is 0. The van der Waals surface area contributed by atoms with Crippen LogP contribution in [0.3, 0.4) is 0 Å². The molecule has 0 radical (unpaired) electrons. The molecule has 0 aromatic carbocycles. The highest BCUT2D eigenvalue weighted by atomic mass is 28.4. The first kappa shape index (κ1) is 32.9. The van der Waals surface area contributed by atoms with Crippen molar-refractivity contribution in [2.45, 2.75) is 123 Å². The third-order valence-corrected chi connectivity index (χ3v) is 9.58. The largest absolute Gasteiger partial charge is 0.532 e. The molecule has 13 heteroatoms. The predicted molar refractivity (Wildman–Crippen MR) is 165 cm³/mol. The van der Waals surface area contributed by atoms with Gasteiger partial charge in [0.1, 0.15) is 18.3 Å². The van der Waals surface area contributed by atoms with Gasteiger partial charge in [0.2, 0.25) is 22.5 Å². The number of hydrogen-bond acceptors (Lipinski definition) is 8. The molecule has 1 saturated heterocycles. The van der Waals surface area contributed by atoms with Gasteiger partial charge in [-0.2, -0.15) is 4.99 Å². The topological polar surface area (TPSA) is 71.0 Å². The Hall–Kier alpha value is -0.266. The van der Waals surface area contributed by atoms with Crippen LogP contribution in [0, 0.1) is 0 Å². The number of aliphatic imine (C=N–C) groups is 1. The van der Waals surface area contributed by atoms with Crippen LogP contribution in [0.4, 0.5) is 0 Å². The number of amidine groups is 1. The standard InChI is InChI=1S/C24H54N2O6Si5/c1-33(2,3)27-18-19-21(30-35(7,8)9)22(31-36(10,11)12)23(28-19)26-17-16-20(29-34(4,5)6)25-24(26)32-37(13,14)15/h16,19,21-23H,17-18H2,1-15H3/t19-,21-,22-,23?/m0/s1. The minimum atomic E-state index is -1.98. The summed E-state index contributed by atoms with van der Waals surface area (Å²) in [6, 6.07) is 0.558. The Bertz CT molecular complexity index is 837. The molecular formula is C24H54N2O6Si5. The Balaban J connectivity index is 2.50. The Kier molecular flexibility index (Phi) is 10.4. The normalized spacial score (nSPS) is 26.2. The molecule has 0 amide bonds. The monoisotopic (exact) mass is 606 g/mol. The molecule has 0 spiro atoms. The summed E-state index contributed by atoms with van der Waals surface area (Å²) in [5, 5.41) is 0. The van der Waals surface area contributed by atoms with Crippen LogP contribution in [0.5, 0.6) is 0 Å². The third-order valence-electron chi connectivity index (χ3n) is 4.97. The van der Waals surface area contributed by atoms with Crippen molar-refractivity contribution >= 4 is 47.6 Å². The van der Waals surface area contributed by atoms with Gasteiger partial charge in [-0.1, -0.05) is 0 Å². The van der Waals surface area contributed by atoms with Crippen molar-refractivity contribution in [2.75, 3.05) is 13.2 Å². The predicted octanol–water partition coefficient (Wildman–Crippen LogP) is 6.22. The van der Waals surface area contributed by atoms with Gasteiger partial charge >= 0.3 is 0 Å². The van der Waals surface area contributed by atoms with Gasteiger partial charge < -0.3 is 26.9 Å². The van der Waals surface area contributed by atoms with E-state index in [2.05, 4.69) is 103 Å². The molecule has 0 aliphatic carbocycles. The number of rotatable bonds is 11. The van der Waals surface area contributed by atoms with E-state index in [-0.39, 0.29) is 18.3 Å². The van der Waals surface area contributed by atoms with Crippen LogP contribution in [0.2, 0.25) is 98.2 Å². The van der Waals surface area contributed by atoms with Gasteiger partial charge in [0.05, 0.1) is 6.61 Å². The molecule has 2 aliphatic rings. The van der Waals surface area contributed by atoms with Gasteiger partial charge in [-0.25, -0.2) is 0 Å². The minimum absolute atomic E-state index is 0.225. The summed E-state index contributed by atoms with van der Waals surface area (Å²) in [6.45, 7) is 33.9. The van der Waals surface area contributed by atoms with E-state index in [0.717, 1.165) is 0 Å². The zero-order valence-corrected chi connectivity index (χ0v) is 31.1. The molecule has 0 N–H and O–H groups in total. The Labute approximate surface area is 231 Å². The highest BCUT2D eigenvalue weighted by molar-refractivity contribution is 6.72. The zero-order chi connectivity index (χ0) is 28.6. The maximum Gasteiger partial charge on any atom is 0.283 e. The summed E-state index contributed by atoms with van der Waals surface area (Å²) in [6.07, 6.45) is 0.892. The first-order valence-corrected chi connectivity index (χ1v) is 30.6. The molecule has 0 aromatic heterocycles. The lowest BCUT2D eigenvalue weighted by molar-refractivity contribution is -0.0690.